The molecule has 33 heavy (non-hydrogen) atoms. The molecular formula is C28H30O5. The molecule has 0 bridgehead atoms. The highest BCUT2D eigenvalue weighted by molar-refractivity contribution is 5.89. The minimum atomic E-state index is -0.436. The third-order valence-electron chi connectivity index (χ3n) is 6.73. The minimum absolute atomic E-state index is 0.220. The Labute approximate surface area is 195 Å². The molecule has 0 amide bonds. The van der Waals surface area contributed by atoms with E-state index in [1.165, 1.54) is 20.0 Å². The lowest BCUT2D eigenvalue weighted by Gasteiger charge is -2.33. The summed E-state index contributed by atoms with van der Waals surface area (Å²) in [5, 5.41) is 0. The Morgan fingerprint density at radius 1 is 0.970 bits per heavy atom. The zero-order chi connectivity index (χ0) is 23.3. The maximum absolute atomic E-state index is 12.0. The first-order valence-corrected chi connectivity index (χ1v) is 11.6. The van der Waals surface area contributed by atoms with Gasteiger partial charge in [-0.25, -0.2) is 4.79 Å². The van der Waals surface area contributed by atoms with Gasteiger partial charge in [-0.1, -0.05) is 17.9 Å². The number of Topliss-reactive ketones (excluding diaryl/α,β-unsaturated/α-hetero) is 1. The zero-order valence-electron chi connectivity index (χ0n) is 19.3. The van der Waals surface area contributed by atoms with Crippen molar-refractivity contribution in [3.05, 3.63) is 59.2 Å². The highest BCUT2D eigenvalue weighted by atomic mass is 16.5. The molecule has 5 heteroatoms. The number of carbonyl (C=O) groups is 2. The Morgan fingerprint density at radius 2 is 1.67 bits per heavy atom. The fourth-order valence-corrected chi connectivity index (χ4v) is 4.69. The Bertz CT molecular complexity index is 1060. The Kier molecular flexibility index (Phi) is 7.03. The van der Waals surface area contributed by atoms with Gasteiger partial charge >= 0.3 is 5.97 Å². The first-order valence-electron chi connectivity index (χ1n) is 11.6. The third kappa shape index (κ3) is 5.22. The normalized spacial score (nSPS) is 17.7. The zero-order valence-corrected chi connectivity index (χ0v) is 19.3. The van der Waals surface area contributed by atoms with E-state index in [0.29, 0.717) is 31.2 Å². The summed E-state index contributed by atoms with van der Waals surface area (Å²) in [4.78, 5) is 23.7. The van der Waals surface area contributed by atoms with E-state index < -0.39 is 5.41 Å². The number of hydrogen-bond donors (Lipinski definition) is 0. The van der Waals surface area contributed by atoms with Gasteiger partial charge in [-0.3, -0.25) is 4.79 Å². The van der Waals surface area contributed by atoms with Crippen LogP contribution in [0.15, 0.2) is 42.5 Å². The minimum Gasteiger partial charge on any atom is -0.493 e. The second kappa shape index (κ2) is 10.1. The smallest absolute Gasteiger partial charge is 0.337 e. The molecule has 2 aromatic rings. The molecule has 2 aromatic carbocycles. The number of ketones is 1. The van der Waals surface area contributed by atoms with Gasteiger partial charge in [-0.15, -0.1) is 0 Å². The van der Waals surface area contributed by atoms with Gasteiger partial charge in [0.05, 0.1) is 31.3 Å². The van der Waals surface area contributed by atoms with Crippen molar-refractivity contribution < 1.29 is 23.8 Å². The molecule has 2 fully saturated rings. The molecule has 2 saturated carbocycles. The first kappa shape index (κ1) is 22.9. The molecule has 0 unspecified atom stereocenters. The van der Waals surface area contributed by atoms with Crippen molar-refractivity contribution >= 4 is 11.8 Å². The van der Waals surface area contributed by atoms with Gasteiger partial charge in [0, 0.05) is 18.4 Å². The molecule has 172 valence electrons. The van der Waals surface area contributed by atoms with Crippen LogP contribution in [0, 0.1) is 11.8 Å². The van der Waals surface area contributed by atoms with E-state index in [1.807, 2.05) is 24.3 Å². The van der Waals surface area contributed by atoms with E-state index in [-0.39, 0.29) is 17.9 Å². The van der Waals surface area contributed by atoms with Crippen LogP contribution < -0.4 is 9.47 Å². The number of benzene rings is 2. The van der Waals surface area contributed by atoms with E-state index >= 15 is 0 Å². The molecule has 0 aromatic heterocycles. The van der Waals surface area contributed by atoms with Crippen LogP contribution in [0.1, 0.15) is 72.9 Å². The maximum atomic E-state index is 12.0. The SMILES string of the molecule is COC(=O)c1ccc(C#CC2(c3ccc(OC)c(OC4CCCC4)c3)CCC(=O)CC2)cc1. The van der Waals surface area contributed by atoms with Crippen LogP contribution in [-0.2, 0) is 14.9 Å². The lowest BCUT2D eigenvalue weighted by molar-refractivity contribution is -0.120. The summed E-state index contributed by atoms with van der Waals surface area (Å²) in [6, 6.07) is 13.1. The van der Waals surface area contributed by atoms with Gasteiger partial charge in [0.15, 0.2) is 11.5 Å². The van der Waals surface area contributed by atoms with Crippen LogP contribution in [0.5, 0.6) is 11.5 Å². The van der Waals surface area contributed by atoms with E-state index in [9.17, 15) is 9.59 Å². The van der Waals surface area contributed by atoms with Crippen LogP contribution in [0.4, 0.5) is 0 Å². The summed E-state index contributed by atoms with van der Waals surface area (Å²) in [6.45, 7) is 0. The Hall–Kier alpha value is -3.26. The molecule has 0 heterocycles. The van der Waals surface area contributed by atoms with Gasteiger partial charge in [-0.2, -0.15) is 0 Å². The number of methoxy groups -OCH3 is 2. The predicted octanol–water partition coefficient (Wildman–Crippen LogP) is 5.24. The summed E-state index contributed by atoms with van der Waals surface area (Å²) in [5.41, 5.74) is 1.93. The second-order valence-corrected chi connectivity index (χ2v) is 8.83. The van der Waals surface area contributed by atoms with Gasteiger partial charge < -0.3 is 14.2 Å². The fourth-order valence-electron chi connectivity index (χ4n) is 4.69. The molecule has 0 saturated heterocycles. The van der Waals surface area contributed by atoms with Crippen molar-refractivity contribution in [3.63, 3.8) is 0 Å². The number of rotatable bonds is 5. The molecule has 2 aliphatic carbocycles. The van der Waals surface area contributed by atoms with Gasteiger partial charge in [0.2, 0.25) is 0 Å². The van der Waals surface area contributed by atoms with Crippen molar-refractivity contribution in [2.45, 2.75) is 62.9 Å². The van der Waals surface area contributed by atoms with Crippen molar-refractivity contribution in [1.82, 2.24) is 0 Å². The highest BCUT2D eigenvalue weighted by Crippen LogP contribution is 2.42. The molecular weight excluding hydrogens is 416 g/mol. The number of carbonyl (C=O) groups excluding carboxylic acids is 2. The first-order chi connectivity index (χ1) is 16.0. The molecule has 0 atom stereocenters. The lowest BCUT2D eigenvalue weighted by Crippen LogP contribution is -2.30. The van der Waals surface area contributed by atoms with E-state index in [4.69, 9.17) is 14.2 Å². The van der Waals surface area contributed by atoms with E-state index in [1.54, 1.807) is 19.2 Å². The molecule has 5 nitrogen and oxygen atoms in total. The molecule has 0 aliphatic heterocycles. The predicted molar refractivity (Wildman–Crippen MR) is 126 cm³/mol. The van der Waals surface area contributed by atoms with Crippen molar-refractivity contribution in [1.29, 1.82) is 0 Å². The van der Waals surface area contributed by atoms with Crippen molar-refractivity contribution in [2.75, 3.05) is 14.2 Å². The second-order valence-electron chi connectivity index (χ2n) is 8.83. The van der Waals surface area contributed by atoms with Gasteiger partial charge in [0.1, 0.15) is 5.78 Å². The fraction of sp³-hybridized carbons (Fsp3) is 0.429. The standard InChI is InChI=1S/C28H30O5/c1-31-25-12-11-22(19-26(25)33-24-5-3-4-6-24)28(17-14-23(29)15-18-28)16-13-20-7-9-21(10-8-20)27(30)32-2/h7-12,19,24H,3-6,14-15,17-18H2,1-2H3. The Morgan fingerprint density at radius 3 is 2.30 bits per heavy atom. The highest BCUT2D eigenvalue weighted by Gasteiger charge is 2.36. The number of esters is 1. The van der Waals surface area contributed by atoms with Crippen LogP contribution in [0.25, 0.3) is 0 Å². The molecule has 0 N–H and O–H groups in total. The average Bonchev–Trinajstić information content (AvgIpc) is 3.37. The largest absolute Gasteiger partial charge is 0.493 e. The summed E-state index contributed by atoms with van der Waals surface area (Å²) in [5.74, 6) is 8.17. The lowest BCUT2D eigenvalue weighted by atomic mass is 9.69. The summed E-state index contributed by atoms with van der Waals surface area (Å²) >= 11 is 0. The van der Waals surface area contributed by atoms with Crippen LogP contribution in [0.3, 0.4) is 0 Å². The molecule has 2 aliphatic rings. The summed E-state index contributed by atoms with van der Waals surface area (Å²) in [7, 11) is 3.02. The number of ether oxygens (including phenoxy) is 3. The molecule has 0 radical (unpaired) electrons. The van der Waals surface area contributed by atoms with Crippen LogP contribution in [-0.4, -0.2) is 32.1 Å². The van der Waals surface area contributed by atoms with Crippen LogP contribution >= 0.6 is 0 Å². The van der Waals surface area contributed by atoms with Crippen molar-refractivity contribution in [3.8, 4) is 23.3 Å². The quantitative estimate of drug-likeness (QED) is 0.465. The van der Waals surface area contributed by atoms with E-state index in [2.05, 4.69) is 17.9 Å². The molecule has 0 spiro atoms. The Balaban J connectivity index is 1.67. The topological polar surface area (TPSA) is 61.8 Å². The summed E-state index contributed by atoms with van der Waals surface area (Å²) in [6.07, 6.45) is 7.11. The third-order valence-corrected chi connectivity index (χ3v) is 6.73. The monoisotopic (exact) mass is 446 g/mol. The van der Waals surface area contributed by atoms with Gasteiger partial charge in [0.25, 0.3) is 0 Å². The van der Waals surface area contributed by atoms with E-state index in [0.717, 1.165) is 35.5 Å². The number of hydrogen-bond acceptors (Lipinski definition) is 5. The van der Waals surface area contributed by atoms with Crippen molar-refractivity contribution in [2.24, 2.45) is 0 Å². The summed E-state index contributed by atoms with van der Waals surface area (Å²) < 4.78 is 16.6. The molecule has 4 rings (SSSR count). The maximum Gasteiger partial charge on any atom is 0.337 e. The average molecular weight is 447 g/mol. The van der Waals surface area contributed by atoms with Crippen LogP contribution in [0.2, 0.25) is 0 Å². The van der Waals surface area contributed by atoms with Gasteiger partial charge in [-0.05, 0) is 80.5 Å².